The number of rotatable bonds is 7. The number of carbonyl (C=O) groups excluding carboxylic acids is 1. The lowest BCUT2D eigenvalue weighted by Crippen LogP contribution is -2.37. The summed E-state index contributed by atoms with van der Waals surface area (Å²) in [6.45, 7) is 4.83. The fourth-order valence-corrected chi connectivity index (χ4v) is 4.44. The molecule has 2 heterocycles. The molecule has 2 aromatic rings. The number of halogens is 1. The molecule has 0 saturated carbocycles. The van der Waals surface area contributed by atoms with Crippen LogP contribution in [0.5, 0.6) is 0 Å². The molecule has 1 N–H and O–H groups in total. The zero-order valence-electron chi connectivity index (χ0n) is 14.3. The lowest BCUT2D eigenvalue weighted by atomic mass is 10.2. The molecule has 1 aromatic heterocycles. The highest BCUT2D eigenvalue weighted by Gasteiger charge is 2.21. The van der Waals surface area contributed by atoms with Crippen molar-refractivity contribution in [1.29, 1.82) is 0 Å². The molecule has 3 rings (SSSR count). The SMILES string of the molecule is Cc1cc(I)ccc1NC(=O)CN(Cc1cccs1)C[C@H]1CCCO1. The van der Waals surface area contributed by atoms with Crippen molar-refractivity contribution < 1.29 is 9.53 Å². The standard InChI is InChI=1S/C19H23IN2O2S/c1-14-10-15(20)6-7-18(14)21-19(23)13-22(11-16-4-2-8-24-16)12-17-5-3-9-25-17/h3,5-7,9-10,16H,2,4,8,11-13H2,1H3,(H,21,23)/t16-/m1/s1. The van der Waals surface area contributed by atoms with Crippen molar-refractivity contribution in [2.24, 2.45) is 0 Å². The van der Waals surface area contributed by atoms with E-state index in [-0.39, 0.29) is 12.0 Å². The second-order valence-corrected chi connectivity index (χ2v) is 8.67. The number of anilines is 1. The molecule has 25 heavy (non-hydrogen) atoms. The number of benzene rings is 1. The van der Waals surface area contributed by atoms with Crippen LogP contribution in [-0.4, -0.2) is 36.6 Å². The van der Waals surface area contributed by atoms with Gasteiger partial charge < -0.3 is 10.1 Å². The molecular weight excluding hydrogens is 447 g/mol. The van der Waals surface area contributed by atoms with E-state index in [1.165, 1.54) is 8.45 Å². The predicted molar refractivity (Wildman–Crippen MR) is 111 cm³/mol. The monoisotopic (exact) mass is 470 g/mol. The summed E-state index contributed by atoms with van der Waals surface area (Å²) < 4.78 is 6.94. The summed E-state index contributed by atoms with van der Waals surface area (Å²) in [6, 6.07) is 10.2. The van der Waals surface area contributed by atoms with Crippen molar-refractivity contribution in [3.05, 3.63) is 49.7 Å². The van der Waals surface area contributed by atoms with Gasteiger partial charge in [-0.2, -0.15) is 0 Å². The first-order valence-electron chi connectivity index (χ1n) is 8.52. The molecule has 4 nitrogen and oxygen atoms in total. The number of hydrogen-bond donors (Lipinski definition) is 1. The lowest BCUT2D eigenvalue weighted by molar-refractivity contribution is -0.117. The van der Waals surface area contributed by atoms with Crippen molar-refractivity contribution in [3.8, 4) is 0 Å². The molecule has 1 atom stereocenters. The molecule has 6 heteroatoms. The minimum Gasteiger partial charge on any atom is -0.377 e. The number of nitrogens with one attached hydrogen (secondary N) is 1. The van der Waals surface area contributed by atoms with Crippen LogP contribution in [0.15, 0.2) is 35.7 Å². The predicted octanol–water partition coefficient (Wildman–Crippen LogP) is 4.28. The van der Waals surface area contributed by atoms with E-state index in [0.29, 0.717) is 6.54 Å². The third kappa shape index (κ3) is 5.77. The Morgan fingerprint density at radius 2 is 2.32 bits per heavy atom. The van der Waals surface area contributed by atoms with E-state index in [1.54, 1.807) is 11.3 Å². The Balaban J connectivity index is 1.62. The highest BCUT2D eigenvalue weighted by Crippen LogP contribution is 2.19. The number of hydrogen-bond acceptors (Lipinski definition) is 4. The van der Waals surface area contributed by atoms with Gasteiger partial charge >= 0.3 is 0 Å². The normalized spacial score (nSPS) is 17.2. The third-order valence-corrected chi connectivity index (χ3v) is 5.81. The van der Waals surface area contributed by atoms with E-state index in [1.807, 2.05) is 19.1 Å². The van der Waals surface area contributed by atoms with Gasteiger partial charge in [0.05, 0.1) is 12.6 Å². The van der Waals surface area contributed by atoms with E-state index < -0.39 is 0 Å². The summed E-state index contributed by atoms with van der Waals surface area (Å²) in [6.07, 6.45) is 2.44. The maximum Gasteiger partial charge on any atom is 0.238 e. The maximum absolute atomic E-state index is 12.6. The van der Waals surface area contributed by atoms with Crippen LogP contribution in [0, 0.1) is 10.5 Å². The largest absolute Gasteiger partial charge is 0.377 e. The fourth-order valence-electron chi connectivity index (χ4n) is 3.04. The average molecular weight is 470 g/mol. The third-order valence-electron chi connectivity index (χ3n) is 4.28. The van der Waals surface area contributed by atoms with Gasteiger partial charge in [-0.1, -0.05) is 6.07 Å². The summed E-state index contributed by atoms with van der Waals surface area (Å²) in [7, 11) is 0. The van der Waals surface area contributed by atoms with E-state index in [9.17, 15) is 4.79 Å². The van der Waals surface area contributed by atoms with Crippen LogP contribution in [0.2, 0.25) is 0 Å². The number of aryl methyl sites for hydroxylation is 1. The van der Waals surface area contributed by atoms with E-state index in [4.69, 9.17) is 4.74 Å². The van der Waals surface area contributed by atoms with Crippen LogP contribution in [0.3, 0.4) is 0 Å². The number of ether oxygens (including phenoxy) is 1. The van der Waals surface area contributed by atoms with Gasteiger partial charge in [-0.25, -0.2) is 0 Å². The van der Waals surface area contributed by atoms with Crippen LogP contribution in [0.25, 0.3) is 0 Å². The molecule has 1 aliphatic heterocycles. The van der Waals surface area contributed by atoms with E-state index in [2.05, 4.69) is 56.4 Å². The molecule has 0 bridgehead atoms. The second-order valence-electron chi connectivity index (χ2n) is 6.39. The minimum absolute atomic E-state index is 0.0267. The van der Waals surface area contributed by atoms with Crippen LogP contribution >= 0.6 is 33.9 Å². The Morgan fingerprint density at radius 1 is 1.44 bits per heavy atom. The van der Waals surface area contributed by atoms with Crippen molar-refractivity contribution in [2.45, 2.75) is 32.4 Å². The molecule has 1 aliphatic rings. The Hall–Kier alpha value is -0.960. The van der Waals surface area contributed by atoms with Gasteiger partial charge in [0.2, 0.25) is 5.91 Å². The highest BCUT2D eigenvalue weighted by atomic mass is 127. The Labute approximate surface area is 166 Å². The zero-order valence-corrected chi connectivity index (χ0v) is 17.3. The highest BCUT2D eigenvalue weighted by molar-refractivity contribution is 14.1. The first-order chi connectivity index (χ1) is 12.1. The van der Waals surface area contributed by atoms with Crippen LogP contribution < -0.4 is 5.32 Å². The maximum atomic E-state index is 12.6. The number of carbonyl (C=O) groups is 1. The molecule has 1 saturated heterocycles. The van der Waals surface area contributed by atoms with Gasteiger partial charge in [0.25, 0.3) is 0 Å². The summed E-state index contributed by atoms with van der Waals surface area (Å²) in [5, 5.41) is 5.13. The summed E-state index contributed by atoms with van der Waals surface area (Å²) in [5.41, 5.74) is 1.97. The summed E-state index contributed by atoms with van der Waals surface area (Å²) in [4.78, 5) is 16.0. The Bertz CT molecular complexity index is 699. The van der Waals surface area contributed by atoms with Crippen molar-refractivity contribution in [3.63, 3.8) is 0 Å². The van der Waals surface area contributed by atoms with Gasteiger partial charge in [0.1, 0.15) is 0 Å². The Kier molecular flexibility index (Phi) is 6.86. The molecule has 0 aliphatic carbocycles. The van der Waals surface area contributed by atoms with E-state index in [0.717, 1.165) is 43.8 Å². The lowest BCUT2D eigenvalue weighted by Gasteiger charge is -2.24. The van der Waals surface area contributed by atoms with Crippen molar-refractivity contribution >= 4 is 45.5 Å². The Morgan fingerprint density at radius 3 is 3.00 bits per heavy atom. The van der Waals surface area contributed by atoms with Gasteiger partial charge in [-0.3, -0.25) is 9.69 Å². The molecule has 134 valence electrons. The second kappa shape index (κ2) is 9.12. The van der Waals surface area contributed by atoms with Crippen molar-refractivity contribution in [2.75, 3.05) is 25.0 Å². The first kappa shape index (κ1) is 18.8. The fraction of sp³-hybridized carbons (Fsp3) is 0.421. The molecule has 1 fully saturated rings. The number of thiophene rings is 1. The van der Waals surface area contributed by atoms with E-state index >= 15 is 0 Å². The molecular formula is C19H23IN2O2S. The summed E-state index contributed by atoms with van der Waals surface area (Å²) >= 11 is 4.01. The van der Waals surface area contributed by atoms with Crippen LogP contribution in [0.4, 0.5) is 5.69 Å². The molecule has 0 spiro atoms. The average Bonchev–Trinajstić information content (AvgIpc) is 3.24. The molecule has 0 radical (unpaired) electrons. The van der Waals surface area contributed by atoms with Crippen molar-refractivity contribution in [1.82, 2.24) is 4.90 Å². The number of nitrogens with zero attached hydrogens (tertiary/aromatic N) is 1. The van der Waals surface area contributed by atoms with Gasteiger partial charge in [-0.15, -0.1) is 11.3 Å². The van der Waals surface area contributed by atoms with Crippen LogP contribution in [-0.2, 0) is 16.1 Å². The number of amides is 1. The minimum atomic E-state index is 0.0267. The van der Waals surface area contributed by atoms with Gasteiger partial charge in [-0.05, 0) is 77.6 Å². The summed E-state index contributed by atoms with van der Waals surface area (Å²) in [5.74, 6) is 0.0267. The van der Waals surface area contributed by atoms with Gasteiger partial charge in [0.15, 0.2) is 0 Å². The molecule has 0 unspecified atom stereocenters. The van der Waals surface area contributed by atoms with Crippen LogP contribution in [0.1, 0.15) is 23.3 Å². The van der Waals surface area contributed by atoms with Gasteiger partial charge in [0, 0.05) is 33.8 Å². The molecule has 1 amide bonds. The topological polar surface area (TPSA) is 41.6 Å². The zero-order chi connectivity index (χ0) is 17.6. The first-order valence-corrected chi connectivity index (χ1v) is 10.5. The quantitative estimate of drug-likeness (QED) is 0.615. The molecule has 1 aromatic carbocycles. The smallest absolute Gasteiger partial charge is 0.238 e.